The van der Waals surface area contributed by atoms with E-state index in [4.69, 9.17) is 0 Å². The lowest BCUT2D eigenvalue weighted by atomic mass is 10.2. The van der Waals surface area contributed by atoms with E-state index in [1.807, 2.05) is 17.8 Å². The van der Waals surface area contributed by atoms with E-state index >= 15 is 0 Å². The zero-order valence-electron chi connectivity index (χ0n) is 7.58. The summed E-state index contributed by atoms with van der Waals surface area (Å²) in [4.78, 5) is 1.43. The molecule has 0 saturated heterocycles. The van der Waals surface area contributed by atoms with Crippen LogP contribution in [-0.4, -0.2) is 6.26 Å². The third kappa shape index (κ3) is 2.74. The summed E-state index contributed by atoms with van der Waals surface area (Å²) in [5.41, 5.74) is 1.30. The van der Waals surface area contributed by atoms with Gasteiger partial charge >= 0.3 is 0 Å². The van der Waals surface area contributed by atoms with Crippen molar-refractivity contribution in [3.63, 3.8) is 0 Å². The molecule has 0 aliphatic carbocycles. The molecule has 0 nitrogen and oxygen atoms in total. The Morgan fingerprint density at radius 3 is 2.50 bits per heavy atom. The molecule has 0 saturated carbocycles. The molecule has 0 aromatic heterocycles. The molecular formula is C11H14S. The van der Waals surface area contributed by atoms with Gasteiger partial charge in [0.25, 0.3) is 0 Å². The van der Waals surface area contributed by atoms with Crippen molar-refractivity contribution in [2.24, 2.45) is 0 Å². The molecule has 1 rings (SSSR count). The Bertz CT molecular complexity index is 243. The molecule has 12 heavy (non-hydrogen) atoms. The summed E-state index contributed by atoms with van der Waals surface area (Å²) < 4.78 is 0. The van der Waals surface area contributed by atoms with E-state index in [0.717, 1.165) is 6.42 Å². The second-order valence-corrected chi connectivity index (χ2v) is 3.51. The van der Waals surface area contributed by atoms with Crippen LogP contribution < -0.4 is 0 Å². The van der Waals surface area contributed by atoms with Gasteiger partial charge in [0.05, 0.1) is 0 Å². The second kappa shape index (κ2) is 5.04. The summed E-state index contributed by atoms with van der Waals surface area (Å²) in [6.07, 6.45) is 5.49. The predicted molar refractivity (Wildman–Crippen MR) is 58.2 cm³/mol. The van der Waals surface area contributed by atoms with Crippen LogP contribution in [0, 0.1) is 0 Å². The highest BCUT2D eigenvalue weighted by Crippen LogP contribution is 2.18. The average Bonchev–Trinajstić information content (AvgIpc) is 2.16. The lowest BCUT2D eigenvalue weighted by Gasteiger charge is -1.98. The second-order valence-electron chi connectivity index (χ2n) is 2.58. The number of hydrogen-bond acceptors (Lipinski definition) is 1. The van der Waals surface area contributed by atoms with Crippen molar-refractivity contribution in [1.29, 1.82) is 0 Å². The van der Waals surface area contributed by atoms with Crippen LogP contribution in [0.4, 0.5) is 0 Å². The largest absolute Gasteiger partial charge is 0.134 e. The Hall–Kier alpha value is -0.690. The maximum absolute atomic E-state index is 2.24. The van der Waals surface area contributed by atoms with Crippen LogP contribution in [0.5, 0.6) is 0 Å². The van der Waals surface area contributed by atoms with Gasteiger partial charge in [-0.2, -0.15) is 0 Å². The first-order valence-electron chi connectivity index (χ1n) is 4.16. The van der Waals surface area contributed by atoms with E-state index in [9.17, 15) is 0 Å². The van der Waals surface area contributed by atoms with Crippen molar-refractivity contribution >= 4 is 17.8 Å². The standard InChI is InChI=1S/C11H14S/c1-3-11(12-2)9-10-7-5-4-6-8-10/h4-9H,3H2,1-2H3/b11-9+. The maximum atomic E-state index is 2.24. The van der Waals surface area contributed by atoms with E-state index in [2.05, 4.69) is 43.5 Å². The molecule has 0 unspecified atom stereocenters. The van der Waals surface area contributed by atoms with Crippen LogP contribution in [0.3, 0.4) is 0 Å². The highest BCUT2D eigenvalue weighted by Gasteiger charge is 1.90. The van der Waals surface area contributed by atoms with Crippen LogP contribution in [-0.2, 0) is 0 Å². The first-order valence-corrected chi connectivity index (χ1v) is 5.39. The van der Waals surface area contributed by atoms with E-state index in [-0.39, 0.29) is 0 Å². The molecule has 0 bridgehead atoms. The summed E-state index contributed by atoms with van der Waals surface area (Å²) in [5, 5.41) is 0. The highest BCUT2D eigenvalue weighted by molar-refractivity contribution is 8.02. The minimum atomic E-state index is 1.12. The molecule has 1 aromatic rings. The molecule has 0 spiro atoms. The van der Waals surface area contributed by atoms with E-state index in [1.54, 1.807) is 0 Å². The fourth-order valence-electron chi connectivity index (χ4n) is 1.04. The van der Waals surface area contributed by atoms with Gasteiger partial charge in [-0.05, 0) is 29.2 Å². The predicted octanol–water partition coefficient (Wildman–Crippen LogP) is 3.80. The molecule has 0 fully saturated rings. The lowest BCUT2D eigenvalue weighted by Crippen LogP contribution is -1.74. The quantitative estimate of drug-likeness (QED) is 0.678. The summed E-state index contributed by atoms with van der Waals surface area (Å²) in [7, 11) is 0. The number of benzene rings is 1. The van der Waals surface area contributed by atoms with Crippen LogP contribution in [0.2, 0.25) is 0 Å². The first-order chi connectivity index (χ1) is 5.86. The molecule has 0 aliphatic heterocycles. The Kier molecular flexibility index (Phi) is 3.95. The van der Waals surface area contributed by atoms with Gasteiger partial charge < -0.3 is 0 Å². The van der Waals surface area contributed by atoms with Gasteiger partial charge in [0, 0.05) is 0 Å². The third-order valence-electron chi connectivity index (χ3n) is 1.74. The number of allylic oxidation sites excluding steroid dienone is 1. The smallest absolute Gasteiger partial charge is 0.0140 e. The minimum absolute atomic E-state index is 1.12. The van der Waals surface area contributed by atoms with E-state index in [0.29, 0.717) is 0 Å². The SMILES string of the molecule is CC/C(=C\c1ccccc1)SC. The van der Waals surface area contributed by atoms with Gasteiger partial charge in [-0.3, -0.25) is 0 Å². The minimum Gasteiger partial charge on any atom is -0.134 e. The van der Waals surface area contributed by atoms with Crippen molar-refractivity contribution in [2.75, 3.05) is 6.26 Å². The van der Waals surface area contributed by atoms with Crippen LogP contribution in [0.25, 0.3) is 6.08 Å². The molecule has 1 aromatic carbocycles. The van der Waals surface area contributed by atoms with Gasteiger partial charge in [0.1, 0.15) is 0 Å². The zero-order valence-corrected chi connectivity index (χ0v) is 8.40. The first kappa shape index (κ1) is 9.40. The molecule has 0 amide bonds. The Balaban J connectivity index is 2.79. The normalized spacial score (nSPS) is 11.7. The van der Waals surface area contributed by atoms with Crippen LogP contribution in [0.1, 0.15) is 18.9 Å². The maximum Gasteiger partial charge on any atom is -0.0140 e. The summed E-state index contributed by atoms with van der Waals surface area (Å²) >= 11 is 1.83. The van der Waals surface area contributed by atoms with E-state index in [1.165, 1.54) is 10.5 Å². The fraction of sp³-hybridized carbons (Fsp3) is 0.273. The summed E-state index contributed by atoms with van der Waals surface area (Å²) in [5.74, 6) is 0. The molecule has 0 radical (unpaired) electrons. The lowest BCUT2D eigenvalue weighted by molar-refractivity contribution is 1.21. The summed E-state index contributed by atoms with van der Waals surface area (Å²) in [6.45, 7) is 2.19. The number of rotatable bonds is 3. The summed E-state index contributed by atoms with van der Waals surface area (Å²) in [6, 6.07) is 10.4. The molecule has 0 aliphatic rings. The molecule has 0 heterocycles. The van der Waals surface area contributed by atoms with Crippen LogP contribution >= 0.6 is 11.8 Å². The van der Waals surface area contributed by atoms with Crippen molar-refractivity contribution in [3.05, 3.63) is 40.8 Å². The topological polar surface area (TPSA) is 0 Å². The molecule has 64 valence electrons. The Morgan fingerprint density at radius 1 is 1.33 bits per heavy atom. The van der Waals surface area contributed by atoms with Crippen molar-refractivity contribution in [2.45, 2.75) is 13.3 Å². The van der Waals surface area contributed by atoms with Gasteiger partial charge in [0.15, 0.2) is 0 Å². The van der Waals surface area contributed by atoms with Crippen molar-refractivity contribution in [3.8, 4) is 0 Å². The third-order valence-corrected chi connectivity index (χ3v) is 2.67. The Morgan fingerprint density at radius 2 is 2.00 bits per heavy atom. The van der Waals surface area contributed by atoms with Crippen molar-refractivity contribution in [1.82, 2.24) is 0 Å². The highest BCUT2D eigenvalue weighted by atomic mass is 32.2. The number of thioether (sulfide) groups is 1. The van der Waals surface area contributed by atoms with Crippen molar-refractivity contribution < 1.29 is 0 Å². The van der Waals surface area contributed by atoms with Gasteiger partial charge in [-0.15, -0.1) is 11.8 Å². The van der Waals surface area contributed by atoms with Gasteiger partial charge in [-0.25, -0.2) is 0 Å². The van der Waals surface area contributed by atoms with Gasteiger partial charge in [-0.1, -0.05) is 37.3 Å². The molecular weight excluding hydrogens is 164 g/mol. The molecule has 0 N–H and O–H groups in total. The molecule has 1 heteroatoms. The molecule has 0 atom stereocenters. The average molecular weight is 178 g/mol. The van der Waals surface area contributed by atoms with Gasteiger partial charge in [0.2, 0.25) is 0 Å². The Labute approximate surface area is 78.7 Å². The monoisotopic (exact) mass is 178 g/mol. The zero-order chi connectivity index (χ0) is 8.81. The van der Waals surface area contributed by atoms with Crippen LogP contribution in [0.15, 0.2) is 35.2 Å². The number of hydrogen-bond donors (Lipinski definition) is 0. The van der Waals surface area contributed by atoms with E-state index < -0.39 is 0 Å². The fourth-order valence-corrected chi connectivity index (χ4v) is 1.58.